The van der Waals surface area contributed by atoms with Crippen LogP contribution in [-0.4, -0.2) is 55.9 Å². The number of hydrogen-bond donors (Lipinski definition) is 1. The Kier molecular flexibility index (Phi) is 6.76. The molecule has 2 aliphatic rings. The predicted octanol–water partition coefficient (Wildman–Crippen LogP) is 1.30. The van der Waals surface area contributed by atoms with Gasteiger partial charge in [0.25, 0.3) is 0 Å². The molecule has 2 rings (SSSR count). The van der Waals surface area contributed by atoms with Crippen LogP contribution >= 0.6 is 0 Å². The molecule has 20 heavy (non-hydrogen) atoms. The summed E-state index contributed by atoms with van der Waals surface area (Å²) in [5.41, 5.74) is 5.45. The van der Waals surface area contributed by atoms with Gasteiger partial charge in [0.15, 0.2) is 0 Å². The summed E-state index contributed by atoms with van der Waals surface area (Å²) >= 11 is 0. The van der Waals surface area contributed by atoms with Crippen LogP contribution in [0.5, 0.6) is 0 Å². The van der Waals surface area contributed by atoms with E-state index in [-0.39, 0.29) is 12.0 Å². The molecular weight excluding hydrogens is 256 g/mol. The van der Waals surface area contributed by atoms with Crippen LogP contribution in [0.25, 0.3) is 0 Å². The minimum absolute atomic E-state index is 0.148. The van der Waals surface area contributed by atoms with Crippen LogP contribution in [0.15, 0.2) is 0 Å². The van der Waals surface area contributed by atoms with E-state index >= 15 is 0 Å². The number of amides is 1. The molecule has 2 heterocycles. The number of nitrogens with two attached hydrogens (primary N) is 1. The number of hydrogen-bond acceptors (Lipinski definition) is 4. The molecule has 1 amide bonds. The van der Waals surface area contributed by atoms with Crippen molar-refractivity contribution < 1.29 is 14.3 Å². The van der Waals surface area contributed by atoms with Gasteiger partial charge < -0.3 is 20.1 Å². The molecule has 116 valence electrons. The van der Waals surface area contributed by atoms with Crippen LogP contribution in [0.1, 0.15) is 44.9 Å². The first-order valence-corrected chi connectivity index (χ1v) is 8.00. The summed E-state index contributed by atoms with van der Waals surface area (Å²) in [4.78, 5) is 14.2. The van der Waals surface area contributed by atoms with E-state index in [9.17, 15) is 4.79 Å². The fraction of sp³-hybridized carbons (Fsp3) is 0.933. The summed E-state index contributed by atoms with van der Waals surface area (Å²) in [5.74, 6) is 0.248. The number of nitrogens with zero attached hydrogens (tertiary/aromatic N) is 1. The summed E-state index contributed by atoms with van der Waals surface area (Å²) in [5, 5.41) is 0. The molecule has 1 atom stereocenters. The standard InChI is InChI=1S/C15H28N2O3/c16-7-3-11-19-13-5-8-17(9-6-13)15(18)12-14-4-1-2-10-20-14/h13-14H,1-12,16H2. The van der Waals surface area contributed by atoms with Crippen molar-refractivity contribution in [2.75, 3.05) is 32.8 Å². The van der Waals surface area contributed by atoms with E-state index in [2.05, 4.69) is 0 Å². The maximum absolute atomic E-state index is 12.2. The number of ether oxygens (including phenoxy) is 2. The average molecular weight is 284 g/mol. The zero-order valence-corrected chi connectivity index (χ0v) is 12.4. The van der Waals surface area contributed by atoms with Crippen molar-refractivity contribution in [2.24, 2.45) is 5.73 Å². The van der Waals surface area contributed by atoms with E-state index in [1.54, 1.807) is 0 Å². The number of likely N-dealkylation sites (tertiary alicyclic amines) is 1. The van der Waals surface area contributed by atoms with Crippen molar-refractivity contribution in [2.45, 2.75) is 57.2 Å². The Balaban J connectivity index is 1.63. The largest absolute Gasteiger partial charge is 0.378 e. The summed E-state index contributed by atoms with van der Waals surface area (Å²) in [7, 11) is 0. The molecule has 0 aliphatic carbocycles. The number of carbonyl (C=O) groups is 1. The molecule has 0 aromatic rings. The predicted molar refractivity (Wildman–Crippen MR) is 77.4 cm³/mol. The molecule has 1 unspecified atom stereocenters. The van der Waals surface area contributed by atoms with Gasteiger partial charge in [0.2, 0.25) is 5.91 Å². The lowest BCUT2D eigenvalue weighted by molar-refractivity contribution is -0.137. The Bertz CT molecular complexity index is 285. The van der Waals surface area contributed by atoms with Gasteiger partial charge in [0, 0.05) is 26.3 Å². The van der Waals surface area contributed by atoms with Crippen LogP contribution in [0.2, 0.25) is 0 Å². The Morgan fingerprint density at radius 1 is 1.25 bits per heavy atom. The fourth-order valence-electron chi connectivity index (χ4n) is 2.90. The van der Waals surface area contributed by atoms with Crippen LogP contribution in [0.4, 0.5) is 0 Å². The van der Waals surface area contributed by atoms with Crippen LogP contribution in [0, 0.1) is 0 Å². The number of carbonyl (C=O) groups excluding carboxylic acids is 1. The first-order chi connectivity index (χ1) is 9.79. The Hall–Kier alpha value is -0.650. The number of rotatable bonds is 6. The molecular formula is C15H28N2O3. The molecule has 0 spiro atoms. The molecule has 2 fully saturated rings. The second-order valence-corrected chi connectivity index (χ2v) is 5.79. The van der Waals surface area contributed by atoms with Gasteiger partial charge in [-0.2, -0.15) is 0 Å². The van der Waals surface area contributed by atoms with Gasteiger partial charge in [0.1, 0.15) is 0 Å². The quantitative estimate of drug-likeness (QED) is 0.747. The van der Waals surface area contributed by atoms with Crippen LogP contribution in [-0.2, 0) is 14.3 Å². The van der Waals surface area contributed by atoms with E-state index < -0.39 is 0 Å². The molecule has 2 N–H and O–H groups in total. The normalized spacial score (nSPS) is 24.9. The van der Waals surface area contributed by atoms with Gasteiger partial charge in [-0.05, 0) is 45.1 Å². The van der Waals surface area contributed by atoms with E-state index in [1.165, 1.54) is 6.42 Å². The zero-order chi connectivity index (χ0) is 14.2. The van der Waals surface area contributed by atoms with Gasteiger partial charge >= 0.3 is 0 Å². The third-order valence-electron chi connectivity index (χ3n) is 4.17. The minimum atomic E-state index is 0.148. The highest BCUT2D eigenvalue weighted by Gasteiger charge is 2.26. The minimum Gasteiger partial charge on any atom is -0.378 e. The lowest BCUT2D eigenvalue weighted by Crippen LogP contribution is -2.42. The van der Waals surface area contributed by atoms with Crippen molar-refractivity contribution in [3.05, 3.63) is 0 Å². The smallest absolute Gasteiger partial charge is 0.225 e. The highest BCUT2D eigenvalue weighted by Crippen LogP contribution is 2.19. The molecule has 5 heteroatoms. The van der Waals surface area contributed by atoms with Gasteiger partial charge in [-0.1, -0.05) is 0 Å². The monoisotopic (exact) mass is 284 g/mol. The molecule has 2 aliphatic heterocycles. The van der Waals surface area contributed by atoms with E-state index in [0.29, 0.717) is 19.1 Å². The maximum Gasteiger partial charge on any atom is 0.225 e. The first-order valence-electron chi connectivity index (χ1n) is 8.00. The van der Waals surface area contributed by atoms with Gasteiger partial charge in [-0.15, -0.1) is 0 Å². The molecule has 0 aromatic carbocycles. The lowest BCUT2D eigenvalue weighted by atomic mass is 10.0. The topological polar surface area (TPSA) is 64.8 Å². The van der Waals surface area contributed by atoms with Crippen molar-refractivity contribution in [3.8, 4) is 0 Å². The summed E-state index contributed by atoms with van der Waals surface area (Å²) in [6.45, 7) is 3.87. The van der Waals surface area contributed by atoms with Crippen molar-refractivity contribution in [1.29, 1.82) is 0 Å². The third-order valence-corrected chi connectivity index (χ3v) is 4.17. The third kappa shape index (κ3) is 5.04. The van der Waals surface area contributed by atoms with Gasteiger partial charge in [-0.25, -0.2) is 0 Å². The highest BCUT2D eigenvalue weighted by atomic mass is 16.5. The van der Waals surface area contributed by atoms with E-state index in [4.69, 9.17) is 15.2 Å². The average Bonchev–Trinajstić information content (AvgIpc) is 2.49. The molecule has 2 saturated heterocycles. The molecule has 0 saturated carbocycles. The summed E-state index contributed by atoms with van der Waals surface area (Å²) in [6.07, 6.45) is 7.17. The van der Waals surface area contributed by atoms with Gasteiger partial charge in [-0.3, -0.25) is 4.79 Å². The van der Waals surface area contributed by atoms with Crippen LogP contribution < -0.4 is 5.73 Å². The Morgan fingerprint density at radius 3 is 2.70 bits per heavy atom. The Labute approximate surface area is 121 Å². The molecule has 0 radical (unpaired) electrons. The second-order valence-electron chi connectivity index (χ2n) is 5.79. The first kappa shape index (κ1) is 15.7. The summed E-state index contributed by atoms with van der Waals surface area (Å²) < 4.78 is 11.4. The fourth-order valence-corrected chi connectivity index (χ4v) is 2.90. The summed E-state index contributed by atoms with van der Waals surface area (Å²) in [6, 6.07) is 0. The van der Waals surface area contributed by atoms with E-state index in [0.717, 1.165) is 58.4 Å². The van der Waals surface area contributed by atoms with Crippen LogP contribution in [0.3, 0.4) is 0 Å². The van der Waals surface area contributed by atoms with Crippen molar-refractivity contribution >= 4 is 5.91 Å². The second kappa shape index (κ2) is 8.60. The highest BCUT2D eigenvalue weighted by molar-refractivity contribution is 5.76. The SMILES string of the molecule is NCCCOC1CCN(C(=O)CC2CCCCO2)CC1. The molecule has 0 aromatic heterocycles. The van der Waals surface area contributed by atoms with Crippen molar-refractivity contribution in [3.63, 3.8) is 0 Å². The van der Waals surface area contributed by atoms with Crippen molar-refractivity contribution in [1.82, 2.24) is 4.90 Å². The molecule has 5 nitrogen and oxygen atoms in total. The molecule has 0 bridgehead atoms. The Morgan fingerprint density at radius 2 is 2.05 bits per heavy atom. The number of piperidine rings is 1. The lowest BCUT2D eigenvalue weighted by Gasteiger charge is -2.33. The van der Waals surface area contributed by atoms with E-state index in [1.807, 2.05) is 4.90 Å². The zero-order valence-electron chi connectivity index (χ0n) is 12.4. The maximum atomic E-state index is 12.2. The van der Waals surface area contributed by atoms with Gasteiger partial charge in [0.05, 0.1) is 18.6 Å².